The number of rotatable bonds is 4. The minimum Gasteiger partial charge on any atom is -0.387 e. The maximum Gasteiger partial charge on any atom is 0.0962 e. The van der Waals surface area contributed by atoms with E-state index in [0.717, 1.165) is 15.7 Å². The molecule has 0 aliphatic rings. The van der Waals surface area contributed by atoms with Crippen LogP contribution >= 0.6 is 15.9 Å². The molecule has 0 bridgehead atoms. The van der Waals surface area contributed by atoms with Gasteiger partial charge in [0.05, 0.1) is 6.10 Å². The van der Waals surface area contributed by atoms with Gasteiger partial charge in [-0.05, 0) is 48.7 Å². The first-order valence-electron chi connectivity index (χ1n) is 6.31. The van der Waals surface area contributed by atoms with Gasteiger partial charge in [0.25, 0.3) is 0 Å². The summed E-state index contributed by atoms with van der Waals surface area (Å²) in [7, 11) is 0. The van der Waals surface area contributed by atoms with Gasteiger partial charge in [0.2, 0.25) is 0 Å². The van der Waals surface area contributed by atoms with Crippen molar-refractivity contribution in [3.63, 3.8) is 0 Å². The zero-order valence-corrected chi connectivity index (χ0v) is 12.7. The number of halogens is 1. The molecule has 2 N–H and O–H groups in total. The second-order valence-corrected chi connectivity index (χ2v) is 5.61. The number of aryl methyl sites for hydroxylation is 1. The van der Waals surface area contributed by atoms with E-state index in [9.17, 15) is 5.11 Å². The number of anilines is 1. The first kappa shape index (κ1) is 14.1. The summed E-state index contributed by atoms with van der Waals surface area (Å²) in [6.07, 6.45) is -0.516. The Morgan fingerprint density at radius 2 is 1.89 bits per heavy atom. The Kier molecular flexibility index (Phi) is 4.61. The molecule has 0 saturated carbocycles. The minimum absolute atomic E-state index is 0.501. The van der Waals surface area contributed by atoms with Gasteiger partial charge < -0.3 is 10.4 Å². The van der Waals surface area contributed by atoms with Crippen LogP contribution in [-0.4, -0.2) is 11.7 Å². The molecule has 2 aromatic carbocycles. The van der Waals surface area contributed by atoms with Gasteiger partial charge >= 0.3 is 0 Å². The van der Waals surface area contributed by atoms with Crippen molar-refractivity contribution in [1.82, 2.24) is 0 Å². The normalized spacial score (nSPS) is 12.2. The van der Waals surface area contributed by atoms with Gasteiger partial charge in [0, 0.05) is 16.7 Å². The lowest BCUT2D eigenvalue weighted by atomic mass is 10.1. The number of hydrogen-bond donors (Lipinski definition) is 2. The van der Waals surface area contributed by atoms with Crippen LogP contribution in [0.1, 0.15) is 22.8 Å². The van der Waals surface area contributed by atoms with Crippen molar-refractivity contribution in [2.24, 2.45) is 0 Å². The zero-order valence-electron chi connectivity index (χ0n) is 11.2. The minimum atomic E-state index is -0.516. The lowest BCUT2D eigenvalue weighted by molar-refractivity contribution is 0.191. The van der Waals surface area contributed by atoms with E-state index in [2.05, 4.69) is 41.2 Å². The standard InChI is InChI=1S/C16H18BrNO/c1-11-5-3-8-15(12(11)2)18-10-16(19)13-6-4-7-14(17)9-13/h3-9,16,18-19H,10H2,1-2H3. The highest BCUT2D eigenvalue weighted by molar-refractivity contribution is 9.10. The lowest BCUT2D eigenvalue weighted by Crippen LogP contribution is -2.13. The molecule has 0 amide bonds. The molecule has 3 heteroatoms. The molecule has 2 rings (SSSR count). The quantitative estimate of drug-likeness (QED) is 0.884. The Morgan fingerprint density at radius 1 is 1.16 bits per heavy atom. The molecule has 0 spiro atoms. The third kappa shape index (κ3) is 3.58. The molecule has 0 saturated heterocycles. The van der Waals surface area contributed by atoms with E-state index in [1.54, 1.807) is 0 Å². The van der Waals surface area contributed by atoms with Crippen LogP contribution in [0.5, 0.6) is 0 Å². The molecule has 2 nitrogen and oxygen atoms in total. The Morgan fingerprint density at radius 3 is 2.63 bits per heavy atom. The molecule has 0 radical (unpaired) electrons. The van der Waals surface area contributed by atoms with Gasteiger partial charge in [-0.3, -0.25) is 0 Å². The Labute approximate surface area is 122 Å². The second kappa shape index (κ2) is 6.22. The fourth-order valence-corrected chi connectivity index (χ4v) is 2.40. The highest BCUT2D eigenvalue weighted by Crippen LogP contribution is 2.21. The van der Waals surface area contributed by atoms with E-state index >= 15 is 0 Å². The van der Waals surface area contributed by atoms with Crippen molar-refractivity contribution in [2.45, 2.75) is 20.0 Å². The van der Waals surface area contributed by atoms with E-state index in [4.69, 9.17) is 0 Å². The Bertz CT molecular complexity index is 568. The van der Waals surface area contributed by atoms with Crippen molar-refractivity contribution >= 4 is 21.6 Å². The highest BCUT2D eigenvalue weighted by atomic mass is 79.9. The SMILES string of the molecule is Cc1cccc(NCC(O)c2cccc(Br)c2)c1C. The molecular weight excluding hydrogens is 302 g/mol. The number of hydrogen-bond acceptors (Lipinski definition) is 2. The highest BCUT2D eigenvalue weighted by Gasteiger charge is 2.08. The van der Waals surface area contributed by atoms with Crippen LogP contribution in [0.15, 0.2) is 46.9 Å². The van der Waals surface area contributed by atoms with Crippen LogP contribution in [0.25, 0.3) is 0 Å². The average Bonchev–Trinajstić information content (AvgIpc) is 2.40. The summed E-state index contributed by atoms with van der Waals surface area (Å²) >= 11 is 3.42. The Hall–Kier alpha value is -1.32. The van der Waals surface area contributed by atoms with Gasteiger partial charge in [0.1, 0.15) is 0 Å². The lowest BCUT2D eigenvalue weighted by Gasteiger charge is -2.16. The summed E-state index contributed by atoms with van der Waals surface area (Å²) in [5.74, 6) is 0. The van der Waals surface area contributed by atoms with Crippen molar-refractivity contribution in [2.75, 3.05) is 11.9 Å². The maximum atomic E-state index is 10.2. The number of benzene rings is 2. The van der Waals surface area contributed by atoms with Crippen molar-refractivity contribution in [3.05, 3.63) is 63.6 Å². The first-order chi connectivity index (χ1) is 9.08. The average molecular weight is 320 g/mol. The number of nitrogens with one attached hydrogen (secondary N) is 1. The van der Waals surface area contributed by atoms with Gasteiger partial charge in [-0.15, -0.1) is 0 Å². The molecule has 1 unspecified atom stereocenters. The van der Waals surface area contributed by atoms with Crippen LogP contribution in [0.3, 0.4) is 0 Å². The molecule has 100 valence electrons. The third-order valence-electron chi connectivity index (χ3n) is 3.32. The van der Waals surface area contributed by atoms with E-state index in [1.165, 1.54) is 11.1 Å². The molecule has 0 aromatic heterocycles. The second-order valence-electron chi connectivity index (χ2n) is 4.70. The van der Waals surface area contributed by atoms with Crippen LogP contribution in [-0.2, 0) is 0 Å². The predicted octanol–water partition coefficient (Wildman–Crippen LogP) is 4.21. The van der Waals surface area contributed by atoms with E-state index in [1.807, 2.05) is 36.4 Å². The van der Waals surface area contributed by atoms with E-state index in [0.29, 0.717) is 6.54 Å². The summed E-state index contributed by atoms with van der Waals surface area (Å²) in [6.45, 7) is 4.68. The molecule has 1 atom stereocenters. The largest absolute Gasteiger partial charge is 0.387 e. The fraction of sp³-hybridized carbons (Fsp3) is 0.250. The zero-order chi connectivity index (χ0) is 13.8. The van der Waals surface area contributed by atoms with Gasteiger partial charge in [-0.1, -0.05) is 40.2 Å². The summed E-state index contributed by atoms with van der Waals surface area (Å²) in [5, 5.41) is 13.5. The van der Waals surface area contributed by atoms with Gasteiger partial charge in [-0.2, -0.15) is 0 Å². The smallest absolute Gasteiger partial charge is 0.0962 e. The van der Waals surface area contributed by atoms with E-state index in [-0.39, 0.29) is 0 Å². The Balaban J connectivity index is 2.04. The van der Waals surface area contributed by atoms with Crippen molar-refractivity contribution < 1.29 is 5.11 Å². The van der Waals surface area contributed by atoms with Crippen LogP contribution in [0, 0.1) is 13.8 Å². The topological polar surface area (TPSA) is 32.3 Å². The predicted molar refractivity (Wildman–Crippen MR) is 83.5 cm³/mol. The van der Waals surface area contributed by atoms with Crippen LogP contribution in [0.2, 0.25) is 0 Å². The fourth-order valence-electron chi connectivity index (χ4n) is 1.98. The van der Waals surface area contributed by atoms with Gasteiger partial charge in [-0.25, -0.2) is 0 Å². The molecule has 0 heterocycles. The monoisotopic (exact) mass is 319 g/mol. The molecule has 0 aliphatic carbocycles. The summed E-state index contributed by atoms with van der Waals surface area (Å²) in [6, 6.07) is 13.9. The molecular formula is C16H18BrNO. The van der Waals surface area contributed by atoms with Crippen molar-refractivity contribution in [3.8, 4) is 0 Å². The van der Waals surface area contributed by atoms with Crippen LogP contribution in [0.4, 0.5) is 5.69 Å². The van der Waals surface area contributed by atoms with Crippen molar-refractivity contribution in [1.29, 1.82) is 0 Å². The van der Waals surface area contributed by atoms with Crippen LogP contribution < -0.4 is 5.32 Å². The molecule has 0 fully saturated rings. The number of aliphatic hydroxyl groups excluding tert-OH is 1. The summed E-state index contributed by atoms with van der Waals surface area (Å²) in [4.78, 5) is 0. The van der Waals surface area contributed by atoms with Gasteiger partial charge in [0.15, 0.2) is 0 Å². The van der Waals surface area contributed by atoms with E-state index < -0.39 is 6.10 Å². The molecule has 0 aliphatic heterocycles. The molecule has 19 heavy (non-hydrogen) atoms. The summed E-state index contributed by atoms with van der Waals surface area (Å²) in [5.41, 5.74) is 4.46. The first-order valence-corrected chi connectivity index (χ1v) is 7.11. The maximum absolute atomic E-state index is 10.2. The number of aliphatic hydroxyl groups is 1. The molecule has 2 aromatic rings. The third-order valence-corrected chi connectivity index (χ3v) is 3.82. The summed E-state index contributed by atoms with van der Waals surface area (Å²) < 4.78 is 0.982.